The van der Waals surface area contributed by atoms with Gasteiger partial charge in [0.2, 0.25) is 0 Å². The molecule has 0 heterocycles. The van der Waals surface area contributed by atoms with Crippen molar-refractivity contribution in [2.24, 2.45) is 0 Å². The van der Waals surface area contributed by atoms with E-state index in [1.54, 1.807) is 0 Å². The van der Waals surface area contributed by atoms with Crippen molar-refractivity contribution in [3.05, 3.63) is 58.1 Å². The summed E-state index contributed by atoms with van der Waals surface area (Å²) in [7, 11) is 0. The third-order valence-electron chi connectivity index (χ3n) is 3.02. The van der Waals surface area contributed by atoms with Gasteiger partial charge in [0.15, 0.2) is 0 Å². The van der Waals surface area contributed by atoms with Crippen molar-refractivity contribution in [2.75, 3.05) is 18.5 Å². The van der Waals surface area contributed by atoms with Crippen LogP contribution in [-0.2, 0) is 0 Å². The number of aliphatic hydroxyl groups is 1. The number of nitrogens with one attached hydrogen (secondary N) is 1. The Morgan fingerprint density at radius 1 is 1.10 bits per heavy atom. The lowest BCUT2D eigenvalue weighted by atomic mass is 10.1. The molecule has 2 N–H and O–H groups in total. The molecule has 2 rings (SSSR count). The van der Waals surface area contributed by atoms with E-state index in [4.69, 9.17) is 4.74 Å². The summed E-state index contributed by atoms with van der Waals surface area (Å²) in [5, 5.41) is 13.2. The molecule has 0 aliphatic heterocycles. The summed E-state index contributed by atoms with van der Waals surface area (Å²) in [4.78, 5) is 0. The molecule has 3 nitrogen and oxygen atoms in total. The molecule has 0 amide bonds. The van der Waals surface area contributed by atoms with Crippen molar-refractivity contribution >= 4 is 21.6 Å². The van der Waals surface area contributed by atoms with E-state index in [0.717, 1.165) is 15.9 Å². The second-order valence-corrected chi connectivity index (χ2v) is 6.09. The monoisotopic (exact) mass is 349 g/mol. The lowest BCUT2D eigenvalue weighted by Gasteiger charge is -2.15. The van der Waals surface area contributed by atoms with Gasteiger partial charge < -0.3 is 15.2 Å². The number of aryl methyl sites for hydroxylation is 2. The van der Waals surface area contributed by atoms with Crippen LogP contribution < -0.4 is 10.1 Å². The molecule has 0 bridgehead atoms. The van der Waals surface area contributed by atoms with E-state index in [-0.39, 0.29) is 6.61 Å². The molecule has 2 aromatic carbocycles. The van der Waals surface area contributed by atoms with Crippen LogP contribution in [0.5, 0.6) is 5.75 Å². The highest BCUT2D eigenvalue weighted by Crippen LogP contribution is 2.16. The number of ether oxygens (including phenoxy) is 1. The second kappa shape index (κ2) is 7.48. The van der Waals surface area contributed by atoms with Gasteiger partial charge in [0.05, 0.1) is 0 Å². The van der Waals surface area contributed by atoms with E-state index >= 15 is 0 Å². The number of halogens is 1. The quantitative estimate of drug-likeness (QED) is 0.830. The molecule has 0 saturated carbocycles. The molecule has 0 radical (unpaired) electrons. The third kappa shape index (κ3) is 5.40. The van der Waals surface area contributed by atoms with Gasteiger partial charge in [-0.05, 0) is 61.4 Å². The molecule has 0 spiro atoms. The van der Waals surface area contributed by atoms with Crippen LogP contribution in [0, 0.1) is 13.8 Å². The van der Waals surface area contributed by atoms with Crippen molar-refractivity contribution in [1.82, 2.24) is 0 Å². The van der Waals surface area contributed by atoms with Crippen LogP contribution in [0.15, 0.2) is 46.9 Å². The largest absolute Gasteiger partial charge is 0.491 e. The van der Waals surface area contributed by atoms with Crippen LogP contribution in [0.1, 0.15) is 11.1 Å². The standard InChI is InChI=1S/C17H20BrNO2/c1-12-7-13(2)9-15(8-12)19-10-16(20)11-21-17-5-3-14(18)4-6-17/h3-9,16,19-20H,10-11H2,1-2H3. The van der Waals surface area contributed by atoms with E-state index in [1.807, 2.05) is 24.3 Å². The molecule has 2 aromatic rings. The summed E-state index contributed by atoms with van der Waals surface area (Å²) >= 11 is 3.37. The van der Waals surface area contributed by atoms with Crippen LogP contribution in [-0.4, -0.2) is 24.4 Å². The fraction of sp³-hybridized carbons (Fsp3) is 0.294. The first-order valence-electron chi connectivity index (χ1n) is 6.91. The maximum atomic E-state index is 9.97. The molecular formula is C17H20BrNO2. The Balaban J connectivity index is 1.79. The van der Waals surface area contributed by atoms with Gasteiger partial charge in [0.1, 0.15) is 18.5 Å². The Bertz CT molecular complexity index is 564. The third-order valence-corrected chi connectivity index (χ3v) is 3.55. The van der Waals surface area contributed by atoms with E-state index in [9.17, 15) is 5.11 Å². The molecular weight excluding hydrogens is 330 g/mol. The van der Waals surface area contributed by atoms with Crippen LogP contribution >= 0.6 is 15.9 Å². The van der Waals surface area contributed by atoms with E-state index in [2.05, 4.69) is 53.3 Å². The number of benzene rings is 2. The minimum absolute atomic E-state index is 0.263. The van der Waals surface area contributed by atoms with Gasteiger partial charge in [0.25, 0.3) is 0 Å². The van der Waals surface area contributed by atoms with Gasteiger partial charge in [-0.3, -0.25) is 0 Å². The van der Waals surface area contributed by atoms with Crippen LogP contribution in [0.2, 0.25) is 0 Å². The summed E-state index contributed by atoms with van der Waals surface area (Å²) in [6.45, 7) is 4.84. The summed E-state index contributed by atoms with van der Waals surface area (Å²) in [5.41, 5.74) is 3.44. The Labute approximate surface area is 134 Å². The van der Waals surface area contributed by atoms with Gasteiger partial charge in [0, 0.05) is 16.7 Å². The number of hydrogen-bond donors (Lipinski definition) is 2. The molecule has 1 atom stereocenters. The van der Waals surface area contributed by atoms with Gasteiger partial charge >= 0.3 is 0 Å². The Morgan fingerprint density at radius 3 is 2.33 bits per heavy atom. The Hall–Kier alpha value is -1.52. The van der Waals surface area contributed by atoms with Gasteiger partial charge in [-0.15, -0.1) is 0 Å². The first-order valence-corrected chi connectivity index (χ1v) is 7.71. The van der Waals surface area contributed by atoms with Gasteiger partial charge in [-0.25, -0.2) is 0 Å². The molecule has 4 heteroatoms. The van der Waals surface area contributed by atoms with E-state index in [0.29, 0.717) is 6.54 Å². The highest BCUT2D eigenvalue weighted by atomic mass is 79.9. The molecule has 0 aliphatic carbocycles. The molecule has 1 unspecified atom stereocenters. The fourth-order valence-electron chi connectivity index (χ4n) is 2.09. The van der Waals surface area contributed by atoms with E-state index < -0.39 is 6.10 Å². The van der Waals surface area contributed by atoms with Crippen molar-refractivity contribution in [3.8, 4) is 5.75 Å². The minimum atomic E-state index is -0.561. The van der Waals surface area contributed by atoms with Gasteiger partial charge in [-0.1, -0.05) is 22.0 Å². The average molecular weight is 350 g/mol. The van der Waals surface area contributed by atoms with Gasteiger partial charge in [-0.2, -0.15) is 0 Å². The molecule has 21 heavy (non-hydrogen) atoms. The Kier molecular flexibility index (Phi) is 5.65. The number of aliphatic hydroxyl groups excluding tert-OH is 1. The summed E-state index contributed by atoms with van der Waals surface area (Å²) in [6, 6.07) is 13.8. The van der Waals surface area contributed by atoms with Crippen molar-refractivity contribution in [2.45, 2.75) is 20.0 Å². The highest BCUT2D eigenvalue weighted by Gasteiger charge is 2.06. The smallest absolute Gasteiger partial charge is 0.119 e. The SMILES string of the molecule is Cc1cc(C)cc(NCC(O)COc2ccc(Br)cc2)c1. The Morgan fingerprint density at radius 2 is 1.71 bits per heavy atom. The average Bonchev–Trinajstić information content (AvgIpc) is 2.43. The minimum Gasteiger partial charge on any atom is -0.491 e. The number of rotatable bonds is 6. The lowest BCUT2D eigenvalue weighted by Crippen LogP contribution is -2.26. The summed E-state index contributed by atoms with van der Waals surface area (Å²) < 4.78 is 6.55. The maximum absolute atomic E-state index is 9.97. The first kappa shape index (κ1) is 15.9. The summed E-state index contributed by atoms with van der Waals surface area (Å²) in [5.74, 6) is 0.753. The fourth-order valence-corrected chi connectivity index (χ4v) is 2.36. The predicted molar refractivity (Wildman–Crippen MR) is 90.0 cm³/mol. The molecule has 0 aromatic heterocycles. The zero-order chi connectivity index (χ0) is 15.2. The van der Waals surface area contributed by atoms with Crippen LogP contribution in [0.3, 0.4) is 0 Å². The maximum Gasteiger partial charge on any atom is 0.119 e. The zero-order valence-electron chi connectivity index (χ0n) is 12.3. The van der Waals surface area contributed by atoms with Crippen molar-refractivity contribution in [3.63, 3.8) is 0 Å². The predicted octanol–water partition coefficient (Wildman–Crippen LogP) is 3.92. The van der Waals surface area contributed by atoms with Crippen molar-refractivity contribution in [1.29, 1.82) is 0 Å². The zero-order valence-corrected chi connectivity index (χ0v) is 13.9. The van der Waals surface area contributed by atoms with Crippen molar-refractivity contribution < 1.29 is 9.84 Å². The van der Waals surface area contributed by atoms with Crippen LogP contribution in [0.4, 0.5) is 5.69 Å². The number of hydrogen-bond acceptors (Lipinski definition) is 3. The molecule has 112 valence electrons. The van der Waals surface area contributed by atoms with E-state index in [1.165, 1.54) is 11.1 Å². The second-order valence-electron chi connectivity index (χ2n) is 5.18. The number of anilines is 1. The topological polar surface area (TPSA) is 41.5 Å². The first-order chi connectivity index (χ1) is 10.0. The molecule has 0 fully saturated rings. The summed E-state index contributed by atoms with van der Waals surface area (Å²) in [6.07, 6.45) is -0.561. The highest BCUT2D eigenvalue weighted by molar-refractivity contribution is 9.10. The molecule has 0 aliphatic rings. The molecule has 0 saturated heterocycles. The van der Waals surface area contributed by atoms with Crippen LogP contribution in [0.25, 0.3) is 0 Å². The normalized spacial score (nSPS) is 12.0. The lowest BCUT2D eigenvalue weighted by molar-refractivity contribution is 0.117.